The van der Waals surface area contributed by atoms with Crippen LogP contribution in [0.4, 0.5) is 14.9 Å². The minimum atomic E-state index is -1.45. The second-order valence-corrected chi connectivity index (χ2v) is 9.91. The maximum Gasteiger partial charge on any atom is 0.411 e. The molecule has 2 unspecified atom stereocenters. The van der Waals surface area contributed by atoms with Crippen molar-refractivity contribution in [3.8, 4) is 11.1 Å². The number of rotatable bonds is 10. The molecule has 0 saturated heterocycles. The van der Waals surface area contributed by atoms with E-state index in [-0.39, 0.29) is 24.8 Å². The lowest BCUT2D eigenvalue weighted by molar-refractivity contribution is -0.143. The first-order valence-corrected chi connectivity index (χ1v) is 13.4. The average molecular weight is 569 g/mol. The van der Waals surface area contributed by atoms with Gasteiger partial charge in [-0.25, -0.2) is 14.0 Å². The van der Waals surface area contributed by atoms with E-state index >= 15 is 4.39 Å². The van der Waals surface area contributed by atoms with Crippen molar-refractivity contribution in [1.29, 1.82) is 0 Å². The van der Waals surface area contributed by atoms with Gasteiger partial charge in [0.05, 0.1) is 24.0 Å². The van der Waals surface area contributed by atoms with Crippen molar-refractivity contribution in [2.45, 2.75) is 31.6 Å². The Morgan fingerprint density at radius 2 is 1.48 bits per heavy atom. The maximum atomic E-state index is 15.3. The van der Waals surface area contributed by atoms with Crippen LogP contribution in [0.2, 0.25) is 0 Å². The third kappa shape index (κ3) is 6.16. The van der Waals surface area contributed by atoms with Crippen molar-refractivity contribution in [3.63, 3.8) is 0 Å². The highest BCUT2D eigenvalue weighted by atomic mass is 19.1. The monoisotopic (exact) mass is 568 g/mol. The molecule has 1 aliphatic carbocycles. The zero-order valence-corrected chi connectivity index (χ0v) is 22.8. The van der Waals surface area contributed by atoms with Gasteiger partial charge in [-0.05, 0) is 46.9 Å². The predicted octanol–water partition coefficient (Wildman–Crippen LogP) is 5.98. The molecule has 9 heteroatoms. The molecule has 4 aromatic carbocycles. The summed E-state index contributed by atoms with van der Waals surface area (Å²) in [7, 11) is 0. The van der Waals surface area contributed by atoms with Gasteiger partial charge in [0.15, 0.2) is 11.9 Å². The Morgan fingerprint density at radius 3 is 2.12 bits per heavy atom. The largest absolute Gasteiger partial charge is 0.480 e. The molecule has 0 spiro atoms. The van der Waals surface area contributed by atoms with Gasteiger partial charge in [0, 0.05) is 5.92 Å². The van der Waals surface area contributed by atoms with Gasteiger partial charge in [-0.1, -0.05) is 84.9 Å². The first kappa shape index (κ1) is 28.5. The molecule has 4 aromatic rings. The number of ether oxygens (including phenoxy) is 2. The number of aliphatic carboxylic acids is 1. The van der Waals surface area contributed by atoms with Crippen LogP contribution in [-0.2, 0) is 20.9 Å². The van der Waals surface area contributed by atoms with E-state index in [1.807, 2.05) is 78.9 Å². The fraction of sp³-hybridized carbons (Fsp3) is 0.182. The first-order chi connectivity index (χ1) is 20.3. The first-order valence-electron chi connectivity index (χ1n) is 13.4. The molecule has 0 aliphatic heterocycles. The minimum Gasteiger partial charge on any atom is -0.480 e. The normalized spacial score (nSPS) is 13.4. The van der Waals surface area contributed by atoms with Crippen molar-refractivity contribution in [2.75, 3.05) is 11.9 Å². The molecule has 2 atom stereocenters. The summed E-state index contributed by atoms with van der Waals surface area (Å²) in [4.78, 5) is 37.5. The quantitative estimate of drug-likeness (QED) is 0.217. The molecule has 0 heterocycles. The van der Waals surface area contributed by atoms with Crippen molar-refractivity contribution >= 4 is 23.7 Å². The van der Waals surface area contributed by atoms with Crippen molar-refractivity contribution < 1.29 is 33.4 Å². The zero-order chi connectivity index (χ0) is 29.6. The summed E-state index contributed by atoms with van der Waals surface area (Å²) in [6.07, 6.45) is -1.81. The summed E-state index contributed by atoms with van der Waals surface area (Å²) < 4.78 is 26.5. The molecule has 3 N–H and O–H groups in total. The van der Waals surface area contributed by atoms with E-state index in [2.05, 4.69) is 10.6 Å². The molecule has 5 rings (SSSR count). The topological polar surface area (TPSA) is 114 Å². The lowest BCUT2D eigenvalue weighted by Crippen LogP contribution is -2.48. The smallest absolute Gasteiger partial charge is 0.411 e. The second kappa shape index (κ2) is 12.7. The minimum absolute atomic E-state index is 0.0306. The van der Waals surface area contributed by atoms with Crippen LogP contribution in [0.5, 0.6) is 0 Å². The standard InChI is InChI=1S/C33H29FN2O6/c1-20(41-18-21-10-3-2-4-11-21)30(32(38)39)36-31(37)26-16-9-17-28(29(26)34)35-33(40)42-19-27-24-14-7-5-12-22(24)23-13-6-8-15-25(23)27/h2-17,20,27,30H,18-19H2,1H3,(H,35,40)(H,36,37)(H,38,39). The SMILES string of the molecule is CC(OCc1ccccc1)C(NC(=O)c1cccc(NC(=O)OCC2c3ccccc3-c3ccccc32)c1F)C(=O)O. The number of carboxylic acid groups (broad SMARTS) is 1. The van der Waals surface area contributed by atoms with Crippen LogP contribution in [0, 0.1) is 5.82 Å². The van der Waals surface area contributed by atoms with Gasteiger partial charge in [-0.2, -0.15) is 0 Å². The zero-order valence-electron chi connectivity index (χ0n) is 22.8. The Balaban J connectivity index is 1.22. The van der Waals surface area contributed by atoms with Crippen molar-refractivity contribution in [2.24, 2.45) is 0 Å². The number of nitrogens with one attached hydrogen (secondary N) is 2. The maximum absolute atomic E-state index is 15.3. The van der Waals surface area contributed by atoms with Gasteiger partial charge in [-0.15, -0.1) is 0 Å². The van der Waals surface area contributed by atoms with Gasteiger partial charge in [0.2, 0.25) is 0 Å². The summed E-state index contributed by atoms with van der Waals surface area (Å²) in [6, 6.07) is 27.3. The third-order valence-electron chi connectivity index (χ3n) is 7.20. The molecule has 0 radical (unpaired) electrons. The average Bonchev–Trinajstić information content (AvgIpc) is 3.32. The van der Waals surface area contributed by atoms with E-state index in [0.29, 0.717) is 0 Å². The number of amides is 2. The molecule has 214 valence electrons. The van der Waals surface area contributed by atoms with E-state index in [4.69, 9.17) is 9.47 Å². The molecule has 42 heavy (non-hydrogen) atoms. The van der Waals surface area contributed by atoms with Crippen LogP contribution in [-0.4, -0.2) is 41.8 Å². The third-order valence-corrected chi connectivity index (χ3v) is 7.20. The highest BCUT2D eigenvalue weighted by Crippen LogP contribution is 2.44. The summed E-state index contributed by atoms with van der Waals surface area (Å²) in [5.41, 5.74) is 4.33. The van der Waals surface area contributed by atoms with Gasteiger partial charge in [-0.3, -0.25) is 10.1 Å². The fourth-order valence-corrected chi connectivity index (χ4v) is 5.05. The Morgan fingerprint density at radius 1 is 0.857 bits per heavy atom. The Kier molecular flexibility index (Phi) is 8.59. The molecule has 0 fully saturated rings. The number of anilines is 1. The summed E-state index contributed by atoms with van der Waals surface area (Å²) >= 11 is 0. The van der Waals surface area contributed by atoms with Crippen molar-refractivity contribution in [3.05, 3.63) is 125 Å². The van der Waals surface area contributed by atoms with Gasteiger partial charge in [0.25, 0.3) is 5.91 Å². The highest BCUT2D eigenvalue weighted by molar-refractivity contribution is 5.98. The number of benzene rings is 4. The van der Waals surface area contributed by atoms with Crippen LogP contribution < -0.4 is 10.6 Å². The number of carbonyl (C=O) groups is 3. The van der Waals surface area contributed by atoms with Gasteiger partial charge in [0.1, 0.15) is 6.61 Å². The summed E-state index contributed by atoms with van der Waals surface area (Å²) in [6.45, 7) is 1.67. The molecule has 0 bridgehead atoms. The highest BCUT2D eigenvalue weighted by Gasteiger charge is 2.31. The van der Waals surface area contributed by atoms with E-state index in [1.54, 1.807) is 0 Å². The molecule has 2 amide bonds. The van der Waals surface area contributed by atoms with E-state index < -0.39 is 41.5 Å². The molecule has 0 aromatic heterocycles. The molecule has 1 aliphatic rings. The molecule has 0 saturated carbocycles. The fourth-order valence-electron chi connectivity index (χ4n) is 5.05. The van der Waals surface area contributed by atoms with E-state index in [0.717, 1.165) is 27.8 Å². The lowest BCUT2D eigenvalue weighted by Gasteiger charge is -2.22. The van der Waals surface area contributed by atoms with E-state index in [1.165, 1.54) is 25.1 Å². The number of fused-ring (bicyclic) bond motifs is 3. The number of carboxylic acids is 1. The predicted molar refractivity (Wildman–Crippen MR) is 155 cm³/mol. The Bertz CT molecular complexity index is 1560. The summed E-state index contributed by atoms with van der Waals surface area (Å²) in [5.74, 6) is -3.50. The van der Waals surface area contributed by atoms with Gasteiger partial charge >= 0.3 is 12.1 Å². The Hall–Kier alpha value is -5.02. The number of hydrogen-bond donors (Lipinski definition) is 3. The van der Waals surface area contributed by atoms with Crippen molar-refractivity contribution in [1.82, 2.24) is 5.32 Å². The van der Waals surface area contributed by atoms with Gasteiger partial charge < -0.3 is 19.9 Å². The number of hydrogen-bond acceptors (Lipinski definition) is 5. The van der Waals surface area contributed by atoms with E-state index in [9.17, 15) is 19.5 Å². The number of carbonyl (C=O) groups excluding carboxylic acids is 2. The molecule has 8 nitrogen and oxygen atoms in total. The van der Waals surface area contributed by atoms with Crippen LogP contribution in [0.25, 0.3) is 11.1 Å². The second-order valence-electron chi connectivity index (χ2n) is 9.91. The van der Waals surface area contributed by atoms with Crippen LogP contribution in [0.1, 0.15) is 39.9 Å². The van der Waals surface area contributed by atoms with Crippen LogP contribution in [0.15, 0.2) is 97.1 Å². The molecular formula is C33H29FN2O6. The molecular weight excluding hydrogens is 539 g/mol. The Labute approximate surface area is 242 Å². The lowest BCUT2D eigenvalue weighted by atomic mass is 9.98. The summed E-state index contributed by atoms with van der Waals surface area (Å²) in [5, 5.41) is 14.4. The number of halogens is 1. The van der Waals surface area contributed by atoms with Crippen LogP contribution in [0.3, 0.4) is 0 Å². The van der Waals surface area contributed by atoms with Crippen LogP contribution >= 0.6 is 0 Å².